The van der Waals surface area contributed by atoms with Gasteiger partial charge in [0.1, 0.15) is 0 Å². The van der Waals surface area contributed by atoms with E-state index in [1.165, 1.54) is 9.21 Å². The Hall–Kier alpha value is -3.31. The van der Waals surface area contributed by atoms with Crippen LogP contribution in [0.25, 0.3) is 22.4 Å². The Morgan fingerprint density at radius 2 is 1.81 bits per heavy atom. The summed E-state index contributed by atoms with van der Waals surface area (Å²) in [6.45, 7) is 2.15. The number of hydrogen-bond acceptors (Lipinski definition) is 8. The first-order chi connectivity index (χ1) is 15.2. The van der Waals surface area contributed by atoms with Crippen molar-refractivity contribution in [2.24, 2.45) is 0 Å². The molecule has 4 rings (SSSR count). The molecule has 1 aliphatic rings. The summed E-state index contributed by atoms with van der Waals surface area (Å²) in [4.78, 5) is 31.3. The SMILES string of the molecule is Cc1noc2nc(-c3ccccc3)cc(C(=O)OCC(=O)N3CCN(S(C)(=O)=O)CC3)c12. The monoisotopic (exact) mass is 458 g/mol. The number of benzene rings is 1. The van der Waals surface area contributed by atoms with Crippen molar-refractivity contribution >= 4 is 33.0 Å². The molecule has 0 saturated carbocycles. The van der Waals surface area contributed by atoms with Gasteiger partial charge < -0.3 is 14.2 Å². The van der Waals surface area contributed by atoms with Gasteiger partial charge >= 0.3 is 5.97 Å². The van der Waals surface area contributed by atoms with Crippen molar-refractivity contribution in [2.75, 3.05) is 39.0 Å². The second kappa shape index (κ2) is 8.67. The number of carbonyl (C=O) groups is 2. The topological polar surface area (TPSA) is 123 Å². The van der Waals surface area contributed by atoms with Crippen molar-refractivity contribution in [3.05, 3.63) is 47.7 Å². The fraction of sp³-hybridized carbons (Fsp3) is 0.333. The highest BCUT2D eigenvalue weighted by atomic mass is 32.2. The number of carbonyl (C=O) groups excluding carboxylic acids is 2. The van der Waals surface area contributed by atoms with Gasteiger partial charge in [-0.2, -0.15) is 4.31 Å². The number of aryl methyl sites for hydroxylation is 1. The van der Waals surface area contributed by atoms with E-state index in [1.54, 1.807) is 13.0 Å². The maximum absolute atomic E-state index is 12.9. The predicted molar refractivity (Wildman–Crippen MR) is 115 cm³/mol. The number of hydrogen-bond donors (Lipinski definition) is 0. The molecule has 0 bridgehead atoms. The van der Waals surface area contributed by atoms with Crippen LogP contribution in [0, 0.1) is 6.92 Å². The lowest BCUT2D eigenvalue weighted by atomic mass is 10.1. The number of aromatic nitrogens is 2. The largest absolute Gasteiger partial charge is 0.452 e. The molecule has 1 fully saturated rings. The minimum atomic E-state index is -3.29. The highest BCUT2D eigenvalue weighted by Crippen LogP contribution is 2.27. The smallest absolute Gasteiger partial charge is 0.339 e. The summed E-state index contributed by atoms with van der Waals surface area (Å²) in [5.41, 5.74) is 2.21. The third kappa shape index (κ3) is 4.48. The Bertz CT molecular complexity index is 1260. The average molecular weight is 458 g/mol. The Kier molecular flexibility index (Phi) is 5.94. The molecule has 3 aromatic rings. The molecule has 1 aromatic carbocycles. The van der Waals surface area contributed by atoms with Crippen LogP contribution >= 0.6 is 0 Å². The molecule has 2 aromatic heterocycles. The van der Waals surface area contributed by atoms with Gasteiger partial charge in [0, 0.05) is 31.7 Å². The first-order valence-electron chi connectivity index (χ1n) is 9.96. The summed E-state index contributed by atoms with van der Waals surface area (Å²) in [6.07, 6.45) is 1.14. The maximum Gasteiger partial charge on any atom is 0.339 e. The number of rotatable bonds is 5. The van der Waals surface area contributed by atoms with E-state index in [4.69, 9.17) is 9.26 Å². The molecule has 0 radical (unpaired) electrons. The Morgan fingerprint density at radius 3 is 2.47 bits per heavy atom. The number of fused-ring (bicyclic) bond motifs is 1. The lowest BCUT2D eigenvalue weighted by Crippen LogP contribution is -2.51. The Balaban J connectivity index is 1.49. The number of ether oxygens (including phenoxy) is 1. The molecule has 0 aliphatic carbocycles. The molecule has 0 spiro atoms. The van der Waals surface area contributed by atoms with Crippen molar-refractivity contribution in [3.63, 3.8) is 0 Å². The van der Waals surface area contributed by atoms with Gasteiger partial charge in [0.25, 0.3) is 11.6 Å². The number of amides is 1. The summed E-state index contributed by atoms with van der Waals surface area (Å²) in [7, 11) is -3.29. The normalized spacial score (nSPS) is 15.1. The molecule has 11 heteroatoms. The third-order valence-electron chi connectivity index (χ3n) is 5.29. The molecule has 32 heavy (non-hydrogen) atoms. The van der Waals surface area contributed by atoms with Gasteiger partial charge in [-0.05, 0) is 13.0 Å². The zero-order chi connectivity index (χ0) is 22.9. The van der Waals surface area contributed by atoms with Crippen molar-refractivity contribution in [1.82, 2.24) is 19.3 Å². The van der Waals surface area contributed by atoms with Crippen molar-refractivity contribution < 1.29 is 27.3 Å². The second-order valence-corrected chi connectivity index (χ2v) is 9.47. The van der Waals surface area contributed by atoms with E-state index in [-0.39, 0.29) is 43.4 Å². The van der Waals surface area contributed by atoms with Gasteiger partial charge in [-0.25, -0.2) is 18.2 Å². The van der Waals surface area contributed by atoms with Crippen molar-refractivity contribution in [1.29, 1.82) is 0 Å². The van der Waals surface area contributed by atoms with Crippen LogP contribution in [-0.2, 0) is 19.6 Å². The molecular formula is C21H22N4O6S. The summed E-state index contributed by atoms with van der Waals surface area (Å²) >= 11 is 0. The second-order valence-electron chi connectivity index (χ2n) is 7.49. The van der Waals surface area contributed by atoms with Crippen molar-refractivity contribution in [3.8, 4) is 11.3 Å². The van der Waals surface area contributed by atoms with Gasteiger partial charge in [-0.1, -0.05) is 35.5 Å². The average Bonchev–Trinajstić information content (AvgIpc) is 3.17. The minimum absolute atomic E-state index is 0.207. The number of esters is 1. The maximum atomic E-state index is 12.9. The molecule has 1 amide bonds. The van der Waals surface area contributed by atoms with E-state index in [0.29, 0.717) is 16.8 Å². The van der Waals surface area contributed by atoms with E-state index in [9.17, 15) is 18.0 Å². The summed E-state index contributed by atoms with van der Waals surface area (Å²) in [5, 5.41) is 4.33. The van der Waals surface area contributed by atoms with E-state index >= 15 is 0 Å². The van der Waals surface area contributed by atoms with Gasteiger partial charge in [0.2, 0.25) is 10.0 Å². The van der Waals surface area contributed by atoms with E-state index in [1.807, 2.05) is 30.3 Å². The minimum Gasteiger partial charge on any atom is -0.452 e. The van der Waals surface area contributed by atoms with Gasteiger partial charge in [0.15, 0.2) is 6.61 Å². The number of piperazine rings is 1. The van der Waals surface area contributed by atoms with E-state index in [2.05, 4.69) is 10.1 Å². The van der Waals surface area contributed by atoms with Crippen LogP contribution < -0.4 is 0 Å². The highest BCUT2D eigenvalue weighted by molar-refractivity contribution is 7.88. The first kappa shape index (κ1) is 21.9. The fourth-order valence-corrected chi connectivity index (χ4v) is 4.40. The molecular weight excluding hydrogens is 436 g/mol. The van der Waals surface area contributed by atoms with Crippen LogP contribution in [-0.4, -0.2) is 78.7 Å². The number of nitrogens with zero attached hydrogens (tertiary/aromatic N) is 4. The molecule has 1 saturated heterocycles. The molecule has 10 nitrogen and oxygen atoms in total. The molecule has 3 heterocycles. The number of sulfonamides is 1. The Morgan fingerprint density at radius 1 is 1.12 bits per heavy atom. The van der Waals surface area contributed by atoms with Crippen LogP contribution in [0.5, 0.6) is 0 Å². The first-order valence-corrected chi connectivity index (χ1v) is 11.8. The zero-order valence-corrected chi connectivity index (χ0v) is 18.5. The van der Waals surface area contributed by atoms with Crippen LogP contribution in [0.1, 0.15) is 16.1 Å². The molecule has 0 N–H and O–H groups in total. The summed E-state index contributed by atoms with van der Waals surface area (Å²) < 4.78 is 35.1. The highest BCUT2D eigenvalue weighted by Gasteiger charge is 2.27. The van der Waals surface area contributed by atoms with Gasteiger partial charge in [-0.15, -0.1) is 0 Å². The van der Waals surface area contributed by atoms with Crippen molar-refractivity contribution in [2.45, 2.75) is 6.92 Å². The Labute approximate surface area is 184 Å². The van der Waals surface area contributed by atoms with Crippen LogP contribution in [0.4, 0.5) is 0 Å². The molecule has 168 valence electrons. The lowest BCUT2D eigenvalue weighted by molar-refractivity contribution is -0.135. The molecule has 1 aliphatic heterocycles. The lowest BCUT2D eigenvalue weighted by Gasteiger charge is -2.33. The predicted octanol–water partition coefficient (Wildman–Crippen LogP) is 1.46. The van der Waals surface area contributed by atoms with Gasteiger partial charge in [0.05, 0.1) is 28.6 Å². The van der Waals surface area contributed by atoms with Crippen LogP contribution in [0.15, 0.2) is 40.9 Å². The summed E-state index contributed by atoms with van der Waals surface area (Å²) in [6, 6.07) is 10.9. The molecule has 0 atom stereocenters. The number of pyridine rings is 1. The quantitative estimate of drug-likeness (QED) is 0.527. The summed E-state index contributed by atoms with van der Waals surface area (Å²) in [5.74, 6) is -1.08. The standard InChI is InChI=1S/C21H22N4O6S/c1-14-19-16(12-17(22-20(19)31-23-14)15-6-4-3-5-7-15)21(27)30-13-18(26)24-8-10-25(11-9-24)32(2,28)29/h3-7,12H,8-11,13H2,1-2H3. The third-order valence-corrected chi connectivity index (χ3v) is 6.60. The van der Waals surface area contributed by atoms with E-state index < -0.39 is 22.6 Å². The van der Waals surface area contributed by atoms with E-state index in [0.717, 1.165) is 11.8 Å². The fourth-order valence-electron chi connectivity index (χ4n) is 3.58. The van der Waals surface area contributed by atoms with Gasteiger partial charge in [-0.3, -0.25) is 4.79 Å². The van der Waals surface area contributed by atoms with Crippen LogP contribution in [0.2, 0.25) is 0 Å². The zero-order valence-electron chi connectivity index (χ0n) is 17.6. The van der Waals surface area contributed by atoms with Crippen LogP contribution in [0.3, 0.4) is 0 Å². The molecule has 0 unspecified atom stereocenters.